The van der Waals surface area contributed by atoms with Crippen molar-refractivity contribution in [2.24, 2.45) is 5.92 Å². The molecule has 1 saturated heterocycles. The molecule has 8 heteroatoms. The van der Waals surface area contributed by atoms with Crippen molar-refractivity contribution >= 4 is 33.2 Å². The smallest absolute Gasteiger partial charge is 0.261 e. The molecular formula is C26H31N3O4S. The summed E-state index contributed by atoms with van der Waals surface area (Å²) in [5.41, 5.74) is 0.597. The van der Waals surface area contributed by atoms with Gasteiger partial charge < -0.3 is 19.7 Å². The summed E-state index contributed by atoms with van der Waals surface area (Å²) in [6, 6.07) is 9.15. The number of pyridine rings is 1. The van der Waals surface area contributed by atoms with Gasteiger partial charge in [0.2, 0.25) is 0 Å². The first-order valence-corrected chi connectivity index (χ1v) is 12.5. The number of methoxy groups -OCH3 is 2. The lowest BCUT2D eigenvalue weighted by Crippen LogP contribution is -2.38. The zero-order chi connectivity index (χ0) is 23.9. The van der Waals surface area contributed by atoms with E-state index in [2.05, 4.69) is 10.3 Å². The number of aromatic nitrogens is 1. The van der Waals surface area contributed by atoms with Crippen molar-refractivity contribution in [2.45, 2.75) is 32.1 Å². The van der Waals surface area contributed by atoms with Crippen LogP contribution in [0.4, 0.5) is 0 Å². The monoisotopic (exact) mass is 481 g/mol. The number of piperidine rings is 1. The molecule has 4 rings (SSSR count). The molecule has 0 unspecified atom stereocenters. The van der Waals surface area contributed by atoms with Crippen molar-refractivity contribution in [1.29, 1.82) is 0 Å². The molecule has 0 radical (unpaired) electrons. The van der Waals surface area contributed by atoms with Gasteiger partial charge >= 0.3 is 0 Å². The molecule has 0 saturated carbocycles. The van der Waals surface area contributed by atoms with Gasteiger partial charge in [0, 0.05) is 43.7 Å². The van der Waals surface area contributed by atoms with Crippen molar-refractivity contribution in [3.05, 3.63) is 53.2 Å². The number of rotatable bonds is 9. The SMILES string of the molecule is COc1cc(OC)cc(C(=O)N2CCC(CCCCNC(=O)c3cc4ccncc4s3)CC2)c1. The summed E-state index contributed by atoms with van der Waals surface area (Å²) in [4.78, 5) is 32.1. The van der Waals surface area contributed by atoms with Gasteiger partial charge in [0.05, 0.1) is 23.8 Å². The largest absolute Gasteiger partial charge is 0.497 e. The van der Waals surface area contributed by atoms with Gasteiger partial charge in [-0.1, -0.05) is 12.8 Å². The zero-order valence-electron chi connectivity index (χ0n) is 19.7. The molecule has 180 valence electrons. The lowest BCUT2D eigenvalue weighted by Gasteiger charge is -2.32. The van der Waals surface area contributed by atoms with Crippen LogP contribution in [-0.4, -0.2) is 55.6 Å². The number of thiophene rings is 1. The first kappa shape index (κ1) is 24.0. The van der Waals surface area contributed by atoms with E-state index >= 15 is 0 Å². The molecule has 1 aromatic carbocycles. The highest BCUT2D eigenvalue weighted by Crippen LogP contribution is 2.27. The third kappa shape index (κ3) is 5.86. The van der Waals surface area contributed by atoms with Crippen LogP contribution in [0.3, 0.4) is 0 Å². The van der Waals surface area contributed by atoms with Gasteiger partial charge in [-0.2, -0.15) is 0 Å². The maximum atomic E-state index is 13.0. The molecular weight excluding hydrogens is 450 g/mol. The fourth-order valence-corrected chi connectivity index (χ4v) is 5.33. The molecule has 1 aliphatic rings. The van der Waals surface area contributed by atoms with Gasteiger partial charge in [-0.3, -0.25) is 14.6 Å². The summed E-state index contributed by atoms with van der Waals surface area (Å²) in [6.45, 7) is 2.21. The number of benzene rings is 1. The molecule has 7 nitrogen and oxygen atoms in total. The Bertz CT molecular complexity index is 1080. The molecule has 3 heterocycles. The predicted molar refractivity (Wildman–Crippen MR) is 134 cm³/mol. The Balaban J connectivity index is 1.16. The van der Waals surface area contributed by atoms with Gasteiger partial charge in [0.15, 0.2) is 0 Å². The number of fused-ring (bicyclic) bond motifs is 1. The Hall–Kier alpha value is -3.13. The van der Waals surface area contributed by atoms with Crippen LogP contribution in [0.5, 0.6) is 11.5 Å². The van der Waals surface area contributed by atoms with Crippen molar-refractivity contribution in [1.82, 2.24) is 15.2 Å². The lowest BCUT2D eigenvalue weighted by atomic mass is 9.91. The first-order chi connectivity index (χ1) is 16.6. The van der Waals surface area contributed by atoms with Crippen molar-refractivity contribution in [3.63, 3.8) is 0 Å². The number of hydrogen-bond acceptors (Lipinski definition) is 6. The summed E-state index contributed by atoms with van der Waals surface area (Å²) in [5, 5.41) is 4.09. The van der Waals surface area contributed by atoms with E-state index < -0.39 is 0 Å². The Morgan fingerprint density at radius 1 is 1.09 bits per heavy atom. The quantitative estimate of drug-likeness (QED) is 0.446. The van der Waals surface area contributed by atoms with Gasteiger partial charge in [-0.05, 0) is 54.8 Å². The number of carbonyl (C=O) groups excluding carboxylic acids is 2. The standard InChI is InChI=1S/C26H31N3O4S/c1-32-21-13-20(14-22(16-21)33-2)26(31)29-11-7-18(8-12-29)5-3-4-9-28-25(30)23-15-19-6-10-27-17-24(19)34-23/h6,10,13-18H,3-5,7-9,11-12H2,1-2H3,(H,28,30). The number of amides is 2. The summed E-state index contributed by atoms with van der Waals surface area (Å²) in [7, 11) is 3.17. The van der Waals surface area contributed by atoms with Crippen molar-refractivity contribution in [3.8, 4) is 11.5 Å². The first-order valence-electron chi connectivity index (χ1n) is 11.7. The second-order valence-electron chi connectivity index (χ2n) is 8.61. The minimum atomic E-state index is -0.0119. The summed E-state index contributed by atoms with van der Waals surface area (Å²) in [5.74, 6) is 1.87. The topological polar surface area (TPSA) is 80.8 Å². The second kappa shape index (κ2) is 11.3. The maximum absolute atomic E-state index is 13.0. The number of carbonyl (C=O) groups is 2. The highest BCUT2D eigenvalue weighted by atomic mass is 32.1. The van der Waals surface area contributed by atoms with Crippen LogP contribution in [0.2, 0.25) is 0 Å². The second-order valence-corrected chi connectivity index (χ2v) is 9.70. The molecule has 1 N–H and O–H groups in total. The fraction of sp³-hybridized carbons (Fsp3) is 0.423. The number of ether oxygens (including phenoxy) is 2. The predicted octanol–water partition coefficient (Wildman–Crippen LogP) is 4.77. The average Bonchev–Trinajstić information content (AvgIpc) is 3.32. The van der Waals surface area contributed by atoms with E-state index in [0.717, 1.165) is 60.2 Å². The van der Waals surface area contributed by atoms with Gasteiger partial charge in [-0.15, -0.1) is 11.3 Å². The number of likely N-dealkylation sites (tertiary alicyclic amines) is 1. The molecule has 1 aliphatic heterocycles. The van der Waals surface area contributed by atoms with E-state index in [9.17, 15) is 9.59 Å². The molecule has 1 fully saturated rings. The Morgan fingerprint density at radius 3 is 2.50 bits per heavy atom. The van der Waals surface area contributed by atoms with E-state index in [1.165, 1.54) is 11.3 Å². The van der Waals surface area contributed by atoms with Crippen LogP contribution < -0.4 is 14.8 Å². The Morgan fingerprint density at radius 2 is 1.82 bits per heavy atom. The molecule has 0 aliphatic carbocycles. The van der Waals surface area contributed by atoms with Crippen LogP contribution in [0.25, 0.3) is 10.1 Å². The highest BCUT2D eigenvalue weighted by molar-refractivity contribution is 7.20. The van der Waals surface area contributed by atoms with Crippen LogP contribution in [0.15, 0.2) is 42.7 Å². The summed E-state index contributed by atoms with van der Waals surface area (Å²) >= 11 is 1.48. The lowest BCUT2D eigenvalue weighted by molar-refractivity contribution is 0.0685. The van der Waals surface area contributed by atoms with Crippen LogP contribution in [0, 0.1) is 5.92 Å². The fourth-order valence-electron chi connectivity index (χ4n) is 4.38. The van der Waals surface area contributed by atoms with Gasteiger partial charge in [0.1, 0.15) is 11.5 Å². The molecule has 2 aromatic heterocycles. The molecule has 0 bridgehead atoms. The third-order valence-corrected chi connectivity index (χ3v) is 7.46. The number of hydrogen-bond donors (Lipinski definition) is 1. The van der Waals surface area contributed by atoms with Crippen LogP contribution >= 0.6 is 11.3 Å². The van der Waals surface area contributed by atoms with Crippen molar-refractivity contribution in [2.75, 3.05) is 33.9 Å². The molecule has 0 atom stereocenters. The van der Waals surface area contributed by atoms with E-state index in [1.807, 2.05) is 17.0 Å². The molecule has 34 heavy (non-hydrogen) atoms. The third-order valence-electron chi connectivity index (χ3n) is 6.37. The molecule has 0 spiro atoms. The van der Waals surface area contributed by atoms with Crippen LogP contribution in [0.1, 0.15) is 52.1 Å². The number of unbranched alkanes of at least 4 members (excludes halogenated alkanes) is 1. The maximum Gasteiger partial charge on any atom is 0.261 e. The Labute approximate surface area is 204 Å². The highest BCUT2D eigenvalue weighted by Gasteiger charge is 2.24. The minimum absolute atomic E-state index is 0.0119. The normalized spacial score (nSPS) is 14.2. The van der Waals surface area contributed by atoms with Crippen LogP contribution in [-0.2, 0) is 0 Å². The van der Waals surface area contributed by atoms with Crippen molar-refractivity contribution < 1.29 is 19.1 Å². The van der Waals surface area contributed by atoms with Gasteiger partial charge in [0.25, 0.3) is 11.8 Å². The number of nitrogens with one attached hydrogen (secondary N) is 1. The van der Waals surface area contributed by atoms with Gasteiger partial charge in [-0.25, -0.2) is 0 Å². The minimum Gasteiger partial charge on any atom is -0.497 e. The number of nitrogens with zero attached hydrogens (tertiary/aromatic N) is 2. The summed E-state index contributed by atoms with van der Waals surface area (Å²) in [6.07, 6.45) is 8.71. The van der Waals surface area contributed by atoms with E-state index in [0.29, 0.717) is 29.5 Å². The molecule has 2 amide bonds. The van der Waals surface area contributed by atoms with E-state index in [1.54, 1.807) is 44.8 Å². The summed E-state index contributed by atoms with van der Waals surface area (Å²) < 4.78 is 11.6. The average molecular weight is 482 g/mol. The zero-order valence-corrected chi connectivity index (χ0v) is 20.5. The Kier molecular flexibility index (Phi) is 8.00. The van der Waals surface area contributed by atoms with E-state index in [-0.39, 0.29) is 11.8 Å². The van der Waals surface area contributed by atoms with E-state index in [4.69, 9.17) is 9.47 Å². The molecule has 3 aromatic rings.